The third-order valence-corrected chi connectivity index (χ3v) is 8.93. The quantitative estimate of drug-likeness (QED) is 0.635. The van der Waals surface area contributed by atoms with Gasteiger partial charge in [0.15, 0.2) is 5.60 Å². The van der Waals surface area contributed by atoms with Gasteiger partial charge in [-0.25, -0.2) is 9.78 Å². The number of nitrogens with zero attached hydrogens (tertiary/aromatic N) is 4. The fourth-order valence-electron chi connectivity index (χ4n) is 5.63. The highest BCUT2D eigenvalue weighted by Gasteiger charge is 2.48. The maximum absolute atomic E-state index is 12.6. The van der Waals surface area contributed by atoms with E-state index >= 15 is 0 Å². The average Bonchev–Trinajstić information content (AvgIpc) is 3.58. The Labute approximate surface area is 205 Å². The number of para-hydroxylation sites is 1. The molecule has 8 heteroatoms. The van der Waals surface area contributed by atoms with E-state index in [4.69, 9.17) is 14.5 Å². The first-order valence-electron chi connectivity index (χ1n) is 12.5. The molecule has 1 aliphatic carbocycles. The molecule has 0 bridgehead atoms. The molecule has 182 valence electrons. The summed E-state index contributed by atoms with van der Waals surface area (Å²) >= 11 is 2.03. The van der Waals surface area contributed by atoms with E-state index in [1.807, 2.05) is 28.8 Å². The van der Waals surface area contributed by atoms with Crippen LogP contribution in [0.3, 0.4) is 0 Å². The smallest absolute Gasteiger partial charge is 0.409 e. The second-order valence-electron chi connectivity index (χ2n) is 10.8. The van der Waals surface area contributed by atoms with Gasteiger partial charge in [0.25, 0.3) is 0 Å². The molecular weight excluding hydrogens is 448 g/mol. The van der Waals surface area contributed by atoms with Gasteiger partial charge in [-0.1, -0.05) is 12.1 Å². The van der Waals surface area contributed by atoms with E-state index in [-0.39, 0.29) is 10.8 Å². The van der Waals surface area contributed by atoms with Crippen molar-refractivity contribution in [3.05, 3.63) is 30.0 Å². The highest BCUT2D eigenvalue weighted by Crippen LogP contribution is 2.50. The van der Waals surface area contributed by atoms with Crippen molar-refractivity contribution in [1.82, 2.24) is 14.5 Å². The molecule has 6 rings (SSSR count). The van der Waals surface area contributed by atoms with Crippen molar-refractivity contribution >= 4 is 23.8 Å². The molecule has 3 fully saturated rings. The molecule has 0 atom stereocenters. The van der Waals surface area contributed by atoms with Crippen LogP contribution in [0.2, 0.25) is 0 Å². The van der Waals surface area contributed by atoms with Gasteiger partial charge in [0.1, 0.15) is 11.4 Å². The molecular formula is C26H34N4O3S. The van der Waals surface area contributed by atoms with E-state index in [9.17, 15) is 4.79 Å². The number of amides is 1. The summed E-state index contributed by atoms with van der Waals surface area (Å²) < 4.78 is 14.8. The fourth-order valence-corrected chi connectivity index (χ4v) is 6.74. The first-order valence-corrected chi connectivity index (χ1v) is 13.5. The lowest BCUT2D eigenvalue weighted by Gasteiger charge is -2.44. The normalized spacial score (nSPS) is 22.7. The molecule has 1 spiro atoms. The summed E-state index contributed by atoms with van der Waals surface area (Å²) in [5.74, 6) is 3.58. The van der Waals surface area contributed by atoms with Gasteiger partial charge < -0.3 is 23.8 Å². The SMILES string of the molecule is Cn1c(N2CCSC(C)(C)C2)nc2c1C1(CCN(C(=O)OCC3CC3)CC1)Oc1ccccc1-2. The first-order chi connectivity index (χ1) is 16.4. The van der Waals surface area contributed by atoms with Crippen LogP contribution in [0, 0.1) is 5.92 Å². The minimum Gasteiger partial charge on any atom is -0.480 e. The number of hydrogen-bond donors (Lipinski definition) is 0. The van der Waals surface area contributed by atoms with Gasteiger partial charge in [0.2, 0.25) is 5.95 Å². The Hall–Kier alpha value is -2.35. The summed E-state index contributed by atoms with van der Waals surface area (Å²) in [7, 11) is 2.13. The zero-order chi connectivity index (χ0) is 23.5. The van der Waals surface area contributed by atoms with Crippen LogP contribution in [0.25, 0.3) is 11.3 Å². The first kappa shape index (κ1) is 22.1. The zero-order valence-corrected chi connectivity index (χ0v) is 21.2. The van der Waals surface area contributed by atoms with Gasteiger partial charge in [-0.15, -0.1) is 0 Å². The van der Waals surface area contributed by atoms with Crippen LogP contribution >= 0.6 is 11.8 Å². The second-order valence-corrected chi connectivity index (χ2v) is 12.6. The molecule has 7 nitrogen and oxygen atoms in total. The number of ether oxygens (including phenoxy) is 2. The molecule has 34 heavy (non-hydrogen) atoms. The summed E-state index contributed by atoms with van der Waals surface area (Å²) in [4.78, 5) is 22.1. The standard InChI is InChI=1S/C26H34N4O3S/c1-25(2)17-30(14-15-34-25)23-27-21-19-6-4-5-7-20(19)33-26(22(21)28(23)3)10-12-29(13-11-26)24(31)32-16-18-8-9-18/h4-7,18H,8-17H2,1-3H3. The van der Waals surface area contributed by atoms with Crippen LogP contribution in [-0.4, -0.2) is 63.8 Å². The van der Waals surface area contributed by atoms with E-state index in [2.05, 4.69) is 42.5 Å². The van der Waals surface area contributed by atoms with Crippen LogP contribution in [0.15, 0.2) is 24.3 Å². The lowest BCUT2D eigenvalue weighted by atomic mass is 9.83. The van der Waals surface area contributed by atoms with E-state index < -0.39 is 5.60 Å². The Kier molecular flexibility index (Phi) is 5.28. The molecule has 1 amide bonds. The predicted octanol–water partition coefficient (Wildman–Crippen LogP) is 4.65. The van der Waals surface area contributed by atoms with Gasteiger partial charge in [0.05, 0.1) is 12.3 Å². The van der Waals surface area contributed by atoms with Gasteiger partial charge in [-0.05, 0) is 44.7 Å². The molecule has 1 aromatic heterocycles. The number of rotatable bonds is 3. The van der Waals surface area contributed by atoms with Crippen LogP contribution in [0.5, 0.6) is 5.75 Å². The second kappa shape index (κ2) is 8.11. The Morgan fingerprint density at radius 2 is 1.97 bits per heavy atom. The van der Waals surface area contributed by atoms with E-state index in [1.54, 1.807) is 0 Å². The van der Waals surface area contributed by atoms with Crippen molar-refractivity contribution in [2.45, 2.75) is 49.9 Å². The van der Waals surface area contributed by atoms with Gasteiger partial charge >= 0.3 is 6.09 Å². The Morgan fingerprint density at radius 1 is 1.21 bits per heavy atom. The number of aromatic nitrogens is 2. The van der Waals surface area contributed by atoms with Gasteiger partial charge in [-0.2, -0.15) is 11.8 Å². The highest BCUT2D eigenvalue weighted by molar-refractivity contribution is 8.00. The molecule has 2 saturated heterocycles. The Morgan fingerprint density at radius 3 is 2.71 bits per heavy atom. The molecule has 2 aromatic rings. The van der Waals surface area contributed by atoms with Crippen LogP contribution in [0.1, 0.15) is 45.2 Å². The summed E-state index contributed by atoms with van der Waals surface area (Å²) in [6.07, 6.45) is 3.64. The summed E-state index contributed by atoms with van der Waals surface area (Å²) in [5.41, 5.74) is 2.74. The lowest BCUT2D eigenvalue weighted by Crippen LogP contribution is -2.50. The minimum absolute atomic E-state index is 0.183. The number of benzene rings is 1. The maximum Gasteiger partial charge on any atom is 0.409 e. The number of imidazole rings is 1. The molecule has 0 N–H and O–H groups in total. The van der Waals surface area contributed by atoms with Crippen molar-refractivity contribution < 1.29 is 14.3 Å². The Balaban J connectivity index is 1.32. The van der Waals surface area contributed by atoms with Gasteiger partial charge in [-0.3, -0.25) is 0 Å². The topological polar surface area (TPSA) is 59.8 Å². The van der Waals surface area contributed by atoms with Gasteiger partial charge in [0, 0.05) is 62.1 Å². The number of carbonyl (C=O) groups excluding carboxylic acids is 1. The van der Waals surface area contributed by atoms with Crippen molar-refractivity contribution in [2.24, 2.45) is 13.0 Å². The number of likely N-dealkylation sites (tertiary alicyclic amines) is 1. The predicted molar refractivity (Wildman–Crippen MR) is 135 cm³/mol. The summed E-state index contributed by atoms with van der Waals surface area (Å²) in [6.45, 7) is 8.39. The van der Waals surface area contributed by atoms with Crippen LogP contribution in [-0.2, 0) is 17.4 Å². The number of carbonyl (C=O) groups is 1. The fraction of sp³-hybridized carbons (Fsp3) is 0.615. The molecule has 1 saturated carbocycles. The molecule has 0 radical (unpaired) electrons. The number of thioether (sulfide) groups is 1. The molecule has 4 aliphatic rings. The van der Waals surface area contributed by atoms with Crippen molar-refractivity contribution in [3.63, 3.8) is 0 Å². The minimum atomic E-state index is -0.489. The summed E-state index contributed by atoms with van der Waals surface area (Å²) in [5, 5.41) is 0. The third kappa shape index (κ3) is 3.84. The number of anilines is 1. The Bertz CT molecular complexity index is 1100. The van der Waals surface area contributed by atoms with E-state index in [0.29, 0.717) is 25.6 Å². The average molecular weight is 483 g/mol. The summed E-state index contributed by atoms with van der Waals surface area (Å²) in [6, 6.07) is 8.23. The maximum atomic E-state index is 12.6. The highest BCUT2D eigenvalue weighted by atomic mass is 32.2. The van der Waals surface area contributed by atoms with Crippen molar-refractivity contribution in [2.75, 3.05) is 43.4 Å². The van der Waals surface area contributed by atoms with Crippen molar-refractivity contribution in [3.8, 4) is 17.0 Å². The largest absolute Gasteiger partial charge is 0.480 e. The van der Waals surface area contributed by atoms with E-state index in [0.717, 1.165) is 60.3 Å². The van der Waals surface area contributed by atoms with Crippen molar-refractivity contribution in [1.29, 1.82) is 0 Å². The third-order valence-electron chi connectivity index (χ3n) is 7.63. The van der Waals surface area contributed by atoms with Crippen LogP contribution in [0.4, 0.5) is 10.7 Å². The van der Waals surface area contributed by atoms with Crippen LogP contribution < -0.4 is 9.64 Å². The number of fused-ring (bicyclic) bond motifs is 4. The molecule has 4 heterocycles. The molecule has 1 aromatic carbocycles. The lowest BCUT2D eigenvalue weighted by molar-refractivity contribution is -0.0109. The number of piperidine rings is 1. The van der Waals surface area contributed by atoms with E-state index in [1.165, 1.54) is 12.8 Å². The zero-order valence-electron chi connectivity index (χ0n) is 20.4. The molecule has 0 unspecified atom stereocenters. The monoisotopic (exact) mass is 482 g/mol. The molecule has 3 aliphatic heterocycles. The number of hydrogen-bond acceptors (Lipinski definition) is 6.